The second-order valence-electron chi connectivity index (χ2n) is 5.08. The Morgan fingerprint density at radius 2 is 2.30 bits per heavy atom. The number of carbonyl (C=O) groups is 2. The molecule has 1 aromatic heterocycles. The number of carboxylic acids is 1. The average Bonchev–Trinajstić information content (AvgIpc) is 3.12. The number of carboxylic acid groups (broad SMARTS) is 1. The SMILES string of the molecule is CCN(Cc1ccco1)C(=O)NC(CC(=O)O)C1CC1. The van der Waals surface area contributed by atoms with Gasteiger partial charge in [0.25, 0.3) is 0 Å². The van der Waals surface area contributed by atoms with E-state index in [1.807, 2.05) is 13.0 Å². The summed E-state index contributed by atoms with van der Waals surface area (Å²) in [7, 11) is 0. The zero-order chi connectivity index (χ0) is 14.5. The maximum absolute atomic E-state index is 12.2. The van der Waals surface area contributed by atoms with Crippen LogP contribution in [0.4, 0.5) is 4.79 Å². The van der Waals surface area contributed by atoms with Gasteiger partial charge in [-0.3, -0.25) is 4.79 Å². The van der Waals surface area contributed by atoms with Crippen LogP contribution in [0.5, 0.6) is 0 Å². The van der Waals surface area contributed by atoms with Crippen molar-refractivity contribution in [1.29, 1.82) is 0 Å². The number of hydrogen-bond acceptors (Lipinski definition) is 3. The molecule has 1 aliphatic rings. The minimum atomic E-state index is -0.878. The summed E-state index contributed by atoms with van der Waals surface area (Å²) in [5.74, 6) is 0.136. The molecule has 2 amide bonds. The summed E-state index contributed by atoms with van der Waals surface area (Å²) in [6, 6.07) is 3.08. The molecule has 1 fully saturated rings. The first-order valence-corrected chi connectivity index (χ1v) is 6.89. The van der Waals surface area contributed by atoms with Crippen LogP contribution in [0.25, 0.3) is 0 Å². The zero-order valence-electron chi connectivity index (χ0n) is 11.5. The fraction of sp³-hybridized carbons (Fsp3) is 0.571. The first-order valence-electron chi connectivity index (χ1n) is 6.89. The highest BCUT2D eigenvalue weighted by molar-refractivity contribution is 5.76. The highest BCUT2D eigenvalue weighted by atomic mass is 16.4. The van der Waals surface area contributed by atoms with E-state index in [0.29, 0.717) is 24.8 Å². The standard InChI is InChI=1S/C14H20N2O4/c1-2-16(9-11-4-3-7-20-11)14(19)15-12(8-13(17)18)10-5-6-10/h3-4,7,10,12H,2,5-6,8-9H2,1H3,(H,15,19)(H,17,18). The molecule has 1 saturated carbocycles. The summed E-state index contributed by atoms with van der Waals surface area (Å²) < 4.78 is 5.23. The Labute approximate surface area is 117 Å². The van der Waals surface area contributed by atoms with Crippen molar-refractivity contribution in [3.63, 3.8) is 0 Å². The molecule has 20 heavy (non-hydrogen) atoms. The molecule has 1 heterocycles. The molecule has 2 rings (SSSR count). The summed E-state index contributed by atoms with van der Waals surface area (Å²) in [5, 5.41) is 11.7. The van der Waals surface area contributed by atoms with E-state index in [1.165, 1.54) is 0 Å². The van der Waals surface area contributed by atoms with Crippen LogP contribution in [0.1, 0.15) is 31.9 Å². The second kappa shape index (κ2) is 6.45. The van der Waals surface area contributed by atoms with E-state index in [-0.39, 0.29) is 18.5 Å². The summed E-state index contributed by atoms with van der Waals surface area (Å²) in [6.45, 7) is 2.81. The van der Waals surface area contributed by atoms with E-state index in [4.69, 9.17) is 9.52 Å². The topological polar surface area (TPSA) is 82.8 Å². The van der Waals surface area contributed by atoms with Crippen LogP contribution < -0.4 is 5.32 Å². The Morgan fingerprint density at radius 3 is 2.80 bits per heavy atom. The quantitative estimate of drug-likeness (QED) is 0.801. The monoisotopic (exact) mass is 280 g/mol. The van der Waals surface area contributed by atoms with Gasteiger partial charge >= 0.3 is 12.0 Å². The molecule has 1 unspecified atom stereocenters. The third-order valence-corrected chi connectivity index (χ3v) is 3.49. The molecule has 0 saturated heterocycles. The molecule has 1 atom stereocenters. The van der Waals surface area contributed by atoms with Gasteiger partial charge in [0.15, 0.2) is 0 Å². The molecule has 0 aromatic carbocycles. The molecule has 0 bridgehead atoms. The highest BCUT2D eigenvalue weighted by Crippen LogP contribution is 2.34. The smallest absolute Gasteiger partial charge is 0.318 e. The van der Waals surface area contributed by atoms with Crippen LogP contribution in [0.2, 0.25) is 0 Å². The molecular weight excluding hydrogens is 260 g/mol. The van der Waals surface area contributed by atoms with Crippen molar-refractivity contribution in [2.75, 3.05) is 6.54 Å². The third-order valence-electron chi connectivity index (χ3n) is 3.49. The first-order chi connectivity index (χ1) is 9.60. The van der Waals surface area contributed by atoms with Crippen LogP contribution in [-0.4, -0.2) is 34.6 Å². The number of amides is 2. The summed E-state index contributed by atoms with van der Waals surface area (Å²) in [6.07, 6.45) is 3.53. The lowest BCUT2D eigenvalue weighted by Gasteiger charge is -2.24. The molecule has 6 nitrogen and oxygen atoms in total. The largest absolute Gasteiger partial charge is 0.481 e. The van der Waals surface area contributed by atoms with Crippen molar-refractivity contribution in [2.24, 2.45) is 5.92 Å². The fourth-order valence-corrected chi connectivity index (χ4v) is 2.19. The molecule has 2 N–H and O–H groups in total. The van der Waals surface area contributed by atoms with Crippen molar-refractivity contribution in [3.05, 3.63) is 24.2 Å². The van der Waals surface area contributed by atoms with Gasteiger partial charge in [0.05, 0.1) is 19.2 Å². The van der Waals surface area contributed by atoms with Gasteiger partial charge in [-0.25, -0.2) is 4.79 Å². The highest BCUT2D eigenvalue weighted by Gasteiger charge is 2.34. The molecule has 6 heteroatoms. The van der Waals surface area contributed by atoms with Gasteiger partial charge in [0.2, 0.25) is 0 Å². The Morgan fingerprint density at radius 1 is 1.55 bits per heavy atom. The lowest BCUT2D eigenvalue weighted by molar-refractivity contribution is -0.137. The number of hydrogen-bond donors (Lipinski definition) is 2. The number of rotatable bonds is 7. The second-order valence-corrected chi connectivity index (χ2v) is 5.08. The number of nitrogens with one attached hydrogen (secondary N) is 1. The Balaban J connectivity index is 1.91. The van der Waals surface area contributed by atoms with E-state index < -0.39 is 5.97 Å². The van der Waals surface area contributed by atoms with Crippen molar-refractivity contribution >= 4 is 12.0 Å². The number of carbonyl (C=O) groups excluding carboxylic acids is 1. The molecular formula is C14H20N2O4. The van der Waals surface area contributed by atoms with E-state index in [2.05, 4.69) is 5.32 Å². The zero-order valence-corrected chi connectivity index (χ0v) is 11.5. The van der Waals surface area contributed by atoms with Gasteiger partial charge in [0, 0.05) is 12.6 Å². The van der Waals surface area contributed by atoms with Crippen molar-refractivity contribution in [3.8, 4) is 0 Å². The molecule has 110 valence electrons. The van der Waals surface area contributed by atoms with Gasteiger partial charge in [-0.05, 0) is 37.8 Å². The Bertz CT molecular complexity index is 454. The summed E-state index contributed by atoms with van der Waals surface area (Å²) in [4.78, 5) is 24.7. The molecule has 0 spiro atoms. The van der Waals surface area contributed by atoms with Crippen LogP contribution in [0.3, 0.4) is 0 Å². The maximum atomic E-state index is 12.2. The minimum absolute atomic E-state index is 0.0191. The van der Waals surface area contributed by atoms with E-state index in [9.17, 15) is 9.59 Å². The maximum Gasteiger partial charge on any atom is 0.318 e. The minimum Gasteiger partial charge on any atom is -0.481 e. The molecule has 0 radical (unpaired) electrons. The van der Waals surface area contributed by atoms with Gasteiger partial charge in [-0.15, -0.1) is 0 Å². The van der Waals surface area contributed by atoms with Gasteiger partial charge in [-0.2, -0.15) is 0 Å². The van der Waals surface area contributed by atoms with E-state index in [1.54, 1.807) is 17.2 Å². The van der Waals surface area contributed by atoms with Crippen molar-refractivity contribution < 1.29 is 19.1 Å². The Kier molecular flexibility index (Phi) is 4.65. The van der Waals surface area contributed by atoms with Crippen LogP contribution in [0.15, 0.2) is 22.8 Å². The number of nitrogens with zero attached hydrogens (tertiary/aromatic N) is 1. The number of furan rings is 1. The summed E-state index contributed by atoms with van der Waals surface area (Å²) in [5.41, 5.74) is 0. The first kappa shape index (κ1) is 14.4. The third kappa shape index (κ3) is 4.01. The average molecular weight is 280 g/mol. The van der Waals surface area contributed by atoms with E-state index >= 15 is 0 Å². The van der Waals surface area contributed by atoms with Crippen LogP contribution in [0, 0.1) is 5.92 Å². The van der Waals surface area contributed by atoms with Crippen LogP contribution >= 0.6 is 0 Å². The fourth-order valence-electron chi connectivity index (χ4n) is 2.19. The molecule has 0 aliphatic heterocycles. The Hall–Kier alpha value is -1.98. The van der Waals surface area contributed by atoms with Crippen LogP contribution in [-0.2, 0) is 11.3 Å². The van der Waals surface area contributed by atoms with Crippen molar-refractivity contribution in [1.82, 2.24) is 10.2 Å². The van der Waals surface area contributed by atoms with E-state index in [0.717, 1.165) is 12.8 Å². The number of urea groups is 1. The van der Waals surface area contributed by atoms with Gasteiger partial charge in [0.1, 0.15) is 5.76 Å². The van der Waals surface area contributed by atoms with Gasteiger partial charge < -0.3 is 19.7 Å². The normalized spacial score (nSPS) is 15.7. The van der Waals surface area contributed by atoms with Gasteiger partial charge in [-0.1, -0.05) is 0 Å². The summed E-state index contributed by atoms with van der Waals surface area (Å²) >= 11 is 0. The number of aliphatic carboxylic acids is 1. The molecule has 1 aliphatic carbocycles. The lowest BCUT2D eigenvalue weighted by Crippen LogP contribution is -2.46. The lowest BCUT2D eigenvalue weighted by atomic mass is 10.1. The van der Waals surface area contributed by atoms with Crippen molar-refractivity contribution in [2.45, 2.75) is 38.8 Å². The predicted octanol–water partition coefficient (Wildman–Crippen LogP) is 2.06. The molecule has 1 aromatic rings. The predicted molar refractivity (Wildman–Crippen MR) is 72.1 cm³/mol.